The molecule has 0 spiro atoms. The van der Waals surface area contributed by atoms with Crippen molar-refractivity contribution in [3.8, 4) is 0 Å². The van der Waals surface area contributed by atoms with E-state index in [0.717, 1.165) is 5.92 Å². The van der Waals surface area contributed by atoms with Crippen LogP contribution in [0.25, 0.3) is 0 Å². The Morgan fingerprint density at radius 2 is 1.92 bits per heavy atom. The van der Waals surface area contributed by atoms with E-state index in [9.17, 15) is 0 Å². The van der Waals surface area contributed by atoms with Crippen molar-refractivity contribution >= 4 is 0 Å². The lowest BCUT2D eigenvalue weighted by atomic mass is 9.75. The molecule has 72 valence electrons. The first-order chi connectivity index (χ1) is 5.45. The van der Waals surface area contributed by atoms with Gasteiger partial charge in [-0.3, -0.25) is 0 Å². The Bertz CT molecular complexity index is 149. The highest BCUT2D eigenvalue weighted by Crippen LogP contribution is 2.44. The van der Waals surface area contributed by atoms with Crippen LogP contribution in [0.5, 0.6) is 0 Å². The molecule has 1 aliphatic carbocycles. The molecule has 2 unspecified atom stereocenters. The lowest BCUT2D eigenvalue weighted by Crippen LogP contribution is -2.40. The maximum atomic E-state index is 6.20. The fourth-order valence-electron chi connectivity index (χ4n) is 2.53. The van der Waals surface area contributed by atoms with E-state index in [1.54, 1.807) is 0 Å². The molecule has 0 amide bonds. The molecule has 1 nitrogen and oxygen atoms in total. The second kappa shape index (κ2) is 3.37. The Labute approximate surface area is 76.7 Å². The van der Waals surface area contributed by atoms with Crippen LogP contribution in [0.3, 0.4) is 0 Å². The quantitative estimate of drug-likeness (QED) is 0.676. The first-order valence-corrected chi connectivity index (χ1v) is 5.21. The smallest absolute Gasteiger partial charge is 0.00954 e. The zero-order valence-electron chi connectivity index (χ0n) is 8.93. The van der Waals surface area contributed by atoms with E-state index in [0.29, 0.717) is 17.4 Å². The lowest BCUT2D eigenvalue weighted by Gasteiger charge is -2.34. The van der Waals surface area contributed by atoms with Gasteiger partial charge in [-0.15, -0.1) is 0 Å². The Kier molecular flexibility index (Phi) is 2.82. The molecule has 0 heterocycles. The van der Waals surface area contributed by atoms with Crippen molar-refractivity contribution in [3.05, 3.63) is 0 Å². The van der Waals surface area contributed by atoms with E-state index in [4.69, 9.17) is 5.73 Å². The van der Waals surface area contributed by atoms with Gasteiger partial charge in [0.2, 0.25) is 0 Å². The number of rotatable bonds is 2. The summed E-state index contributed by atoms with van der Waals surface area (Å²) in [5.41, 5.74) is 6.69. The molecule has 0 saturated heterocycles. The van der Waals surface area contributed by atoms with Gasteiger partial charge in [0, 0.05) is 6.04 Å². The topological polar surface area (TPSA) is 26.0 Å². The van der Waals surface area contributed by atoms with Crippen LogP contribution in [-0.2, 0) is 0 Å². The lowest BCUT2D eigenvalue weighted by molar-refractivity contribution is 0.192. The van der Waals surface area contributed by atoms with Crippen molar-refractivity contribution in [2.75, 3.05) is 0 Å². The fourth-order valence-corrected chi connectivity index (χ4v) is 2.53. The summed E-state index contributed by atoms with van der Waals surface area (Å²) in [7, 11) is 0. The molecule has 1 saturated carbocycles. The molecule has 0 aromatic rings. The predicted octanol–water partition coefficient (Wildman–Crippen LogP) is 2.80. The summed E-state index contributed by atoms with van der Waals surface area (Å²) in [6.07, 6.45) is 4.07. The van der Waals surface area contributed by atoms with Gasteiger partial charge < -0.3 is 5.73 Å². The van der Waals surface area contributed by atoms with Crippen molar-refractivity contribution in [2.45, 2.75) is 53.0 Å². The second-order valence-electron chi connectivity index (χ2n) is 5.31. The van der Waals surface area contributed by atoms with Gasteiger partial charge in [-0.1, -0.05) is 34.1 Å². The molecule has 2 atom stereocenters. The van der Waals surface area contributed by atoms with E-state index in [1.807, 2.05) is 0 Å². The third-order valence-corrected chi connectivity index (χ3v) is 3.57. The van der Waals surface area contributed by atoms with Crippen molar-refractivity contribution < 1.29 is 0 Å². The van der Waals surface area contributed by atoms with Gasteiger partial charge in [-0.05, 0) is 30.1 Å². The summed E-state index contributed by atoms with van der Waals surface area (Å²) in [5, 5.41) is 0. The average molecular weight is 169 g/mol. The number of nitrogens with two attached hydrogens (primary N) is 1. The first-order valence-electron chi connectivity index (χ1n) is 5.21. The standard InChI is InChI=1S/C11H23N/c1-8(2)10(12)9-6-5-7-11(9,3)4/h8-10H,5-7,12H2,1-4H3. The van der Waals surface area contributed by atoms with Gasteiger partial charge in [0.1, 0.15) is 0 Å². The summed E-state index contributed by atoms with van der Waals surface area (Å²) in [6, 6.07) is 0.405. The van der Waals surface area contributed by atoms with E-state index < -0.39 is 0 Å². The normalized spacial score (nSPS) is 31.0. The summed E-state index contributed by atoms with van der Waals surface area (Å²) in [5.74, 6) is 1.38. The van der Waals surface area contributed by atoms with Crippen LogP contribution in [0.1, 0.15) is 47.0 Å². The maximum absolute atomic E-state index is 6.20. The summed E-state index contributed by atoms with van der Waals surface area (Å²) in [4.78, 5) is 0. The highest BCUT2D eigenvalue weighted by molar-refractivity contribution is 4.91. The number of hydrogen-bond donors (Lipinski definition) is 1. The van der Waals surface area contributed by atoms with Crippen molar-refractivity contribution in [1.82, 2.24) is 0 Å². The minimum absolute atomic E-state index is 0.405. The first kappa shape index (κ1) is 10.0. The minimum Gasteiger partial charge on any atom is -0.327 e. The Hall–Kier alpha value is -0.0400. The molecule has 0 aliphatic heterocycles. The number of hydrogen-bond acceptors (Lipinski definition) is 1. The monoisotopic (exact) mass is 169 g/mol. The Morgan fingerprint density at radius 3 is 2.25 bits per heavy atom. The van der Waals surface area contributed by atoms with E-state index >= 15 is 0 Å². The highest BCUT2D eigenvalue weighted by Gasteiger charge is 2.38. The molecule has 1 rings (SSSR count). The molecule has 1 fully saturated rings. The second-order valence-corrected chi connectivity index (χ2v) is 5.31. The predicted molar refractivity (Wildman–Crippen MR) is 53.9 cm³/mol. The molecule has 0 radical (unpaired) electrons. The van der Waals surface area contributed by atoms with Gasteiger partial charge in [-0.25, -0.2) is 0 Å². The zero-order chi connectivity index (χ0) is 9.35. The van der Waals surface area contributed by atoms with Crippen LogP contribution in [0, 0.1) is 17.3 Å². The third kappa shape index (κ3) is 1.82. The van der Waals surface area contributed by atoms with Crippen molar-refractivity contribution in [2.24, 2.45) is 23.0 Å². The van der Waals surface area contributed by atoms with Gasteiger partial charge in [-0.2, -0.15) is 0 Å². The average Bonchev–Trinajstić information content (AvgIpc) is 2.27. The van der Waals surface area contributed by atoms with Crippen molar-refractivity contribution in [3.63, 3.8) is 0 Å². The van der Waals surface area contributed by atoms with E-state index in [-0.39, 0.29) is 0 Å². The third-order valence-electron chi connectivity index (χ3n) is 3.57. The van der Waals surface area contributed by atoms with Crippen LogP contribution in [0.2, 0.25) is 0 Å². The van der Waals surface area contributed by atoms with Crippen LogP contribution in [0.4, 0.5) is 0 Å². The van der Waals surface area contributed by atoms with Crippen molar-refractivity contribution in [1.29, 1.82) is 0 Å². The maximum Gasteiger partial charge on any atom is 0.00954 e. The van der Waals surface area contributed by atoms with Gasteiger partial charge in [0.15, 0.2) is 0 Å². The van der Waals surface area contributed by atoms with Gasteiger partial charge >= 0.3 is 0 Å². The fraction of sp³-hybridized carbons (Fsp3) is 1.00. The van der Waals surface area contributed by atoms with E-state index in [2.05, 4.69) is 27.7 Å². The van der Waals surface area contributed by atoms with Crippen LogP contribution in [0.15, 0.2) is 0 Å². The summed E-state index contributed by atoms with van der Waals surface area (Å²) < 4.78 is 0. The highest BCUT2D eigenvalue weighted by atomic mass is 14.7. The molecular weight excluding hydrogens is 146 g/mol. The molecule has 0 aromatic heterocycles. The summed E-state index contributed by atoms with van der Waals surface area (Å²) in [6.45, 7) is 9.21. The zero-order valence-corrected chi connectivity index (χ0v) is 8.93. The van der Waals surface area contributed by atoms with Crippen LogP contribution in [-0.4, -0.2) is 6.04 Å². The Balaban J connectivity index is 2.62. The summed E-state index contributed by atoms with van der Waals surface area (Å²) >= 11 is 0. The molecule has 0 aromatic carbocycles. The van der Waals surface area contributed by atoms with Crippen LogP contribution >= 0.6 is 0 Å². The Morgan fingerprint density at radius 1 is 1.33 bits per heavy atom. The van der Waals surface area contributed by atoms with E-state index in [1.165, 1.54) is 19.3 Å². The molecule has 1 heteroatoms. The largest absolute Gasteiger partial charge is 0.327 e. The molecule has 12 heavy (non-hydrogen) atoms. The van der Waals surface area contributed by atoms with Crippen LogP contribution < -0.4 is 5.73 Å². The van der Waals surface area contributed by atoms with Gasteiger partial charge in [0.05, 0.1) is 0 Å². The SMILES string of the molecule is CC(C)C(N)C1CCCC1(C)C. The molecule has 0 bridgehead atoms. The molecular formula is C11H23N. The van der Waals surface area contributed by atoms with Gasteiger partial charge in [0.25, 0.3) is 0 Å². The minimum atomic E-state index is 0.405. The molecule has 2 N–H and O–H groups in total. The molecule has 1 aliphatic rings.